The molecule has 0 heterocycles. The van der Waals surface area contributed by atoms with Crippen molar-refractivity contribution in [1.29, 1.82) is 0 Å². The van der Waals surface area contributed by atoms with Gasteiger partial charge in [0, 0.05) is 0 Å². The van der Waals surface area contributed by atoms with Crippen LogP contribution in [-0.4, -0.2) is 0 Å². The van der Waals surface area contributed by atoms with Crippen molar-refractivity contribution in [2.75, 3.05) is 0 Å². The van der Waals surface area contributed by atoms with E-state index >= 15 is 0 Å². The fourth-order valence-electron chi connectivity index (χ4n) is 1.60. The van der Waals surface area contributed by atoms with Crippen molar-refractivity contribution >= 4 is 0 Å². The summed E-state index contributed by atoms with van der Waals surface area (Å²) in [6.45, 7) is 4.48. The summed E-state index contributed by atoms with van der Waals surface area (Å²) in [6.07, 6.45) is 23.0. The van der Waals surface area contributed by atoms with E-state index < -0.39 is 0 Å². The van der Waals surface area contributed by atoms with Crippen molar-refractivity contribution < 1.29 is 0 Å². The maximum absolute atomic E-state index is 3.39. The maximum atomic E-state index is 3.39. The van der Waals surface area contributed by atoms with Crippen LogP contribution in [0.1, 0.15) is 78.1 Å². The fraction of sp³-hybridized carbons (Fsp3) is 0.750. The lowest BCUT2D eigenvalue weighted by atomic mass is 10.1. The average Bonchev–Trinajstić information content (AvgIpc) is 2.31. The summed E-state index contributed by atoms with van der Waals surface area (Å²) in [5, 5.41) is 0. The van der Waals surface area contributed by atoms with E-state index in [9.17, 15) is 0 Å². The largest absolute Gasteiger partial charge is 0.0885 e. The first-order valence-electron chi connectivity index (χ1n) is 7.11. The predicted octanol–water partition coefficient (Wildman–Crippen LogP) is 5.84. The molecule has 0 fully saturated rings. The molecule has 0 aromatic heterocycles. The third-order valence-corrected chi connectivity index (χ3v) is 2.66. The molecule has 0 saturated heterocycles. The summed E-state index contributed by atoms with van der Waals surface area (Å²) in [6, 6.07) is 0. The first-order valence-corrected chi connectivity index (χ1v) is 7.11. The number of hydrogen-bond donors (Lipinski definition) is 0. The molecular formula is C16H29. The molecule has 16 heavy (non-hydrogen) atoms. The Hall–Kier alpha value is -0.520. The van der Waals surface area contributed by atoms with Gasteiger partial charge >= 0.3 is 0 Å². The van der Waals surface area contributed by atoms with Gasteiger partial charge in [0.1, 0.15) is 0 Å². The highest BCUT2D eigenvalue weighted by Crippen LogP contribution is 2.04. The molecule has 0 spiro atoms. The summed E-state index contributed by atoms with van der Waals surface area (Å²) in [7, 11) is 0. The lowest BCUT2D eigenvalue weighted by Gasteiger charge is -1.94. The minimum Gasteiger partial charge on any atom is -0.0885 e. The number of hydrogen-bond acceptors (Lipinski definition) is 0. The zero-order valence-corrected chi connectivity index (χ0v) is 11.3. The van der Waals surface area contributed by atoms with Crippen LogP contribution < -0.4 is 0 Å². The Labute approximate surface area is 103 Å². The average molecular weight is 221 g/mol. The second kappa shape index (κ2) is 14.5. The minimum atomic E-state index is 1.13. The van der Waals surface area contributed by atoms with Crippen LogP contribution in [-0.2, 0) is 0 Å². The van der Waals surface area contributed by atoms with Gasteiger partial charge in [-0.3, -0.25) is 0 Å². The molecule has 0 aliphatic carbocycles. The Kier molecular flexibility index (Phi) is 14.0. The van der Waals surface area contributed by atoms with E-state index in [1.165, 1.54) is 57.8 Å². The van der Waals surface area contributed by atoms with Gasteiger partial charge in [0.2, 0.25) is 0 Å². The van der Waals surface area contributed by atoms with Gasteiger partial charge in [-0.2, -0.15) is 0 Å². The Balaban J connectivity index is 3.09. The topological polar surface area (TPSA) is 0 Å². The van der Waals surface area contributed by atoms with Crippen LogP contribution in [0.25, 0.3) is 0 Å². The zero-order valence-electron chi connectivity index (χ0n) is 11.3. The van der Waals surface area contributed by atoms with Crippen LogP contribution in [0.15, 0.2) is 18.2 Å². The van der Waals surface area contributed by atoms with E-state index in [2.05, 4.69) is 38.2 Å². The molecule has 0 nitrogen and oxygen atoms in total. The number of rotatable bonds is 11. The van der Waals surface area contributed by atoms with E-state index in [1.54, 1.807) is 0 Å². The van der Waals surface area contributed by atoms with E-state index in [1.807, 2.05) is 0 Å². The highest BCUT2D eigenvalue weighted by molar-refractivity contribution is 4.82. The van der Waals surface area contributed by atoms with Crippen LogP contribution in [0, 0.1) is 6.08 Å². The van der Waals surface area contributed by atoms with Gasteiger partial charge in [0.15, 0.2) is 0 Å². The molecule has 93 valence electrons. The second-order valence-electron chi connectivity index (χ2n) is 4.41. The molecule has 1 radical (unpaired) electrons. The molecule has 0 aromatic carbocycles. The predicted molar refractivity (Wildman–Crippen MR) is 74.5 cm³/mol. The van der Waals surface area contributed by atoms with Gasteiger partial charge in [0.05, 0.1) is 0 Å². The van der Waals surface area contributed by atoms with E-state index in [0.29, 0.717) is 0 Å². The van der Waals surface area contributed by atoms with Crippen LogP contribution >= 0.6 is 0 Å². The van der Waals surface area contributed by atoms with Crippen LogP contribution in [0.5, 0.6) is 0 Å². The normalized spacial score (nSPS) is 11.9. The molecule has 0 atom stereocenters. The molecule has 0 amide bonds. The molecule has 0 rings (SSSR count). The number of allylic oxidation sites excluding steroid dienone is 4. The molecule has 0 unspecified atom stereocenters. The molecule has 0 aliphatic heterocycles. The van der Waals surface area contributed by atoms with E-state index in [-0.39, 0.29) is 0 Å². The quantitative estimate of drug-likeness (QED) is 0.303. The highest BCUT2D eigenvalue weighted by Gasteiger charge is 1.85. The Morgan fingerprint density at radius 1 is 0.750 bits per heavy atom. The summed E-state index contributed by atoms with van der Waals surface area (Å²) >= 11 is 0. The Bertz CT molecular complexity index is 165. The first-order chi connectivity index (χ1) is 7.91. The molecule has 0 bridgehead atoms. The fourth-order valence-corrected chi connectivity index (χ4v) is 1.60. The Morgan fingerprint density at radius 2 is 1.56 bits per heavy atom. The lowest BCUT2D eigenvalue weighted by Crippen LogP contribution is -1.75. The third-order valence-electron chi connectivity index (χ3n) is 2.66. The van der Waals surface area contributed by atoms with Crippen LogP contribution in [0.3, 0.4) is 0 Å². The maximum Gasteiger partial charge on any atom is -0.0276 e. The summed E-state index contributed by atoms with van der Waals surface area (Å²) in [5.74, 6) is 0. The van der Waals surface area contributed by atoms with E-state index in [0.717, 1.165) is 6.42 Å². The van der Waals surface area contributed by atoms with Gasteiger partial charge in [-0.05, 0) is 44.6 Å². The van der Waals surface area contributed by atoms with Crippen molar-refractivity contribution in [3.63, 3.8) is 0 Å². The first kappa shape index (κ1) is 15.5. The molecule has 0 N–H and O–H groups in total. The van der Waals surface area contributed by atoms with Crippen molar-refractivity contribution in [2.45, 2.75) is 78.1 Å². The summed E-state index contributed by atoms with van der Waals surface area (Å²) in [5.41, 5.74) is 0. The van der Waals surface area contributed by atoms with Gasteiger partial charge in [0.25, 0.3) is 0 Å². The van der Waals surface area contributed by atoms with Gasteiger partial charge in [-0.25, -0.2) is 0 Å². The smallest absolute Gasteiger partial charge is 0.0276 e. The van der Waals surface area contributed by atoms with Gasteiger partial charge < -0.3 is 0 Å². The summed E-state index contributed by atoms with van der Waals surface area (Å²) in [4.78, 5) is 0. The summed E-state index contributed by atoms with van der Waals surface area (Å²) < 4.78 is 0. The monoisotopic (exact) mass is 221 g/mol. The molecular weight excluding hydrogens is 192 g/mol. The number of unbranched alkanes of at least 4 members (excludes halogenated alkanes) is 7. The zero-order chi connectivity index (χ0) is 11.9. The van der Waals surface area contributed by atoms with Gasteiger partial charge in [-0.1, -0.05) is 57.8 Å². The van der Waals surface area contributed by atoms with Crippen molar-refractivity contribution in [3.8, 4) is 0 Å². The lowest BCUT2D eigenvalue weighted by molar-refractivity contribution is 0.672. The van der Waals surface area contributed by atoms with E-state index in [4.69, 9.17) is 0 Å². The Morgan fingerprint density at radius 3 is 2.31 bits per heavy atom. The SMILES string of the molecule is CCCC=CCCC/[C]=C/CCCCCC. The third kappa shape index (κ3) is 13.5. The van der Waals surface area contributed by atoms with Crippen molar-refractivity contribution in [2.24, 2.45) is 0 Å². The second-order valence-corrected chi connectivity index (χ2v) is 4.41. The molecule has 0 heteroatoms. The van der Waals surface area contributed by atoms with Crippen molar-refractivity contribution in [3.05, 3.63) is 24.3 Å². The standard InChI is InChI=1S/C16H29/c1-3-5-7-9-11-13-15-16-14-12-10-8-6-4-2/h7,9,14H,3-6,8,10-13,15H2,1-2H3. The molecule has 0 saturated carbocycles. The molecule has 0 aromatic rings. The minimum absolute atomic E-state index is 1.13. The molecule has 0 aliphatic rings. The van der Waals surface area contributed by atoms with Crippen molar-refractivity contribution in [1.82, 2.24) is 0 Å². The van der Waals surface area contributed by atoms with Gasteiger partial charge in [-0.15, -0.1) is 0 Å². The van der Waals surface area contributed by atoms with Crippen LogP contribution in [0.2, 0.25) is 0 Å². The van der Waals surface area contributed by atoms with Crippen LogP contribution in [0.4, 0.5) is 0 Å². The highest BCUT2D eigenvalue weighted by atomic mass is 13.9.